The lowest BCUT2D eigenvalue weighted by atomic mass is 9.68. The molecule has 3 heterocycles. The van der Waals surface area contributed by atoms with Gasteiger partial charge in [-0.25, -0.2) is 4.98 Å². The summed E-state index contributed by atoms with van der Waals surface area (Å²) in [6, 6.07) is 0. The predicted molar refractivity (Wildman–Crippen MR) is 119 cm³/mol. The molecule has 4 aliphatic carbocycles. The van der Waals surface area contributed by atoms with Crippen molar-refractivity contribution >= 4 is 35.3 Å². The highest BCUT2D eigenvalue weighted by molar-refractivity contribution is 7.98. The van der Waals surface area contributed by atoms with E-state index in [1.165, 1.54) is 6.42 Å². The van der Waals surface area contributed by atoms with Crippen LogP contribution in [0.5, 0.6) is 0 Å². The van der Waals surface area contributed by atoms with E-state index in [1.54, 1.807) is 12.4 Å². The van der Waals surface area contributed by atoms with Crippen LogP contribution in [0.3, 0.4) is 0 Å². The predicted octanol–water partition coefficient (Wildman–Crippen LogP) is 2.96. The van der Waals surface area contributed by atoms with Crippen LogP contribution < -0.4 is 4.90 Å². The van der Waals surface area contributed by atoms with Crippen LogP contribution >= 0.6 is 23.5 Å². The topological polar surface area (TPSA) is 52.6 Å². The van der Waals surface area contributed by atoms with Crippen LogP contribution in [0.2, 0.25) is 5.15 Å². The number of anilines is 1. The first-order valence-electron chi connectivity index (χ1n) is 11.3. The van der Waals surface area contributed by atoms with E-state index in [-0.39, 0.29) is 5.92 Å². The van der Waals surface area contributed by atoms with Gasteiger partial charge < -0.3 is 4.90 Å². The molecule has 0 radical (unpaired) electrons. The Labute approximate surface area is 187 Å². The van der Waals surface area contributed by atoms with Gasteiger partial charge in [-0.3, -0.25) is 19.0 Å². The van der Waals surface area contributed by atoms with E-state index in [0.29, 0.717) is 28.1 Å². The fraction of sp³-hybridized carbons (Fsp3) is 0.682. The fourth-order valence-corrected chi connectivity index (χ4v) is 7.86. The lowest BCUT2D eigenvalue weighted by Crippen LogP contribution is -2.47. The average Bonchev–Trinajstić information content (AvgIpc) is 3.52. The zero-order valence-corrected chi connectivity index (χ0v) is 18.6. The van der Waals surface area contributed by atoms with E-state index in [4.69, 9.17) is 11.6 Å². The van der Waals surface area contributed by atoms with Crippen molar-refractivity contribution in [1.82, 2.24) is 19.2 Å². The summed E-state index contributed by atoms with van der Waals surface area (Å²) in [6.45, 7) is 5.99. The van der Waals surface area contributed by atoms with E-state index < -0.39 is 0 Å². The van der Waals surface area contributed by atoms with Gasteiger partial charge in [0, 0.05) is 38.0 Å². The van der Waals surface area contributed by atoms with Gasteiger partial charge in [-0.05, 0) is 61.4 Å². The van der Waals surface area contributed by atoms with Crippen molar-refractivity contribution in [2.75, 3.05) is 44.2 Å². The average molecular weight is 446 g/mol. The Hall–Kier alpha value is -1.31. The first-order chi connectivity index (χ1) is 14.7. The summed E-state index contributed by atoms with van der Waals surface area (Å²) in [6.07, 6.45) is 11.8. The van der Waals surface area contributed by atoms with Crippen molar-refractivity contribution in [2.24, 2.45) is 29.6 Å². The highest BCUT2D eigenvalue weighted by Gasteiger charge is 2.64. The van der Waals surface area contributed by atoms with Crippen LogP contribution in [0, 0.1) is 29.6 Å². The van der Waals surface area contributed by atoms with Gasteiger partial charge in [0.2, 0.25) is 5.91 Å². The minimum absolute atomic E-state index is 0.274. The number of rotatable bonds is 6. The van der Waals surface area contributed by atoms with Crippen LogP contribution in [0.1, 0.15) is 19.3 Å². The molecule has 2 aliphatic heterocycles. The number of piperazine rings is 1. The molecule has 2 bridgehead atoms. The maximum absolute atomic E-state index is 13.0. The standard InChI is InChI=1S/C22H28ClN5OS/c23-18-12-24-13-19(25-18)27-9-7-26(8-10-27)5-1-2-6-28-22(29)20-14-3-4-15(21(20)30-28)17-11-16(14)17/h3-4,12-17,20-21H,1-2,5-11H2. The smallest absolute Gasteiger partial charge is 0.237 e. The number of hydrogen-bond donors (Lipinski definition) is 0. The molecule has 1 amide bonds. The number of hydrogen-bond acceptors (Lipinski definition) is 6. The van der Waals surface area contributed by atoms with Gasteiger partial charge in [-0.15, -0.1) is 0 Å². The number of aromatic nitrogens is 2. The molecule has 0 spiro atoms. The Morgan fingerprint density at radius 3 is 2.63 bits per heavy atom. The summed E-state index contributed by atoms with van der Waals surface area (Å²) in [4.78, 5) is 26.3. The maximum atomic E-state index is 13.0. The molecule has 0 N–H and O–H groups in total. The van der Waals surface area contributed by atoms with E-state index in [0.717, 1.165) is 69.8 Å². The van der Waals surface area contributed by atoms with E-state index in [9.17, 15) is 4.79 Å². The molecule has 6 unspecified atom stereocenters. The van der Waals surface area contributed by atoms with Gasteiger partial charge >= 0.3 is 0 Å². The summed E-state index contributed by atoms with van der Waals surface area (Å²) in [7, 11) is 0. The van der Waals surface area contributed by atoms with Crippen LogP contribution in [0.25, 0.3) is 0 Å². The highest BCUT2D eigenvalue weighted by Crippen LogP contribution is 2.66. The number of allylic oxidation sites excluding steroid dienone is 2. The Morgan fingerprint density at radius 1 is 1.03 bits per heavy atom. The SMILES string of the molecule is O=C1C2C3C=CC(C4CC34)C2SN1CCCCN1CCN(c2cncc(Cl)n2)CC1. The molecule has 8 heteroatoms. The number of amides is 1. The Bertz CT molecular complexity index is 860. The van der Waals surface area contributed by atoms with Crippen LogP contribution in [-0.2, 0) is 4.79 Å². The minimum Gasteiger partial charge on any atom is -0.353 e. The van der Waals surface area contributed by atoms with Gasteiger partial charge in [0.1, 0.15) is 11.0 Å². The first kappa shape index (κ1) is 19.4. The molecule has 6 nitrogen and oxygen atoms in total. The summed E-state index contributed by atoms with van der Waals surface area (Å²) in [5, 5.41) is 0.976. The second kappa shape index (κ2) is 7.68. The van der Waals surface area contributed by atoms with E-state index in [1.807, 2.05) is 11.9 Å². The molecule has 160 valence electrons. The fourth-order valence-electron chi connectivity index (χ4n) is 6.11. The lowest BCUT2D eigenvalue weighted by molar-refractivity contribution is -0.131. The third-order valence-electron chi connectivity index (χ3n) is 7.74. The quantitative estimate of drug-likeness (QED) is 0.381. The summed E-state index contributed by atoms with van der Waals surface area (Å²) < 4.78 is 2.11. The number of carbonyl (C=O) groups is 1. The van der Waals surface area contributed by atoms with Crippen molar-refractivity contribution in [3.8, 4) is 0 Å². The van der Waals surface area contributed by atoms with Crippen LogP contribution in [0.4, 0.5) is 5.82 Å². The third-order valence-corrected chi connectivity index (χ3v) is 9.39. The molecular formula is C22H28ClN5OS. The first-order valence-corrected chi connectivity index (χ1v) is 12.5. The number of nitrogens with zero attached hydrogens (tertiary/aromatic N) is 5. The molecule has 0 aromatic carbocycles. The molecule has 7 rings (SSSR count). The Balaban J connectivity index is 0.941. The van der Waals surface area contributed by atoms with Gasteiger partial charge in [0.25, 0.3) is 0 Å². The zero-order chi connectivity index (χ0) is 20.2. The normalized spacial score (nSPS) is 36.9. The summed E-state index contributed by atoms with van der Waals surface area (Å²) in [5.74, 6) is 4.47. The molecular weight excluding hydrogens is 418 g/mol. The second-order valence-electron chi connectivity index (χ2n) is 9.37. The molecule has 6 atom stereocenters. The van der Waals surface area contributed by atoms with E-state index in [2.05, 4.69) is 36.2 Å². The minimum atomic E-state index is 0.274. The molecule has 30 heavy (non-hydrogen) atoms. The van der Waals surface area contributed by atoms with Crippen molar-refractivity contribution in [3.05, 3.63) is 29.7 Å². The molecule has 4 fully saturated rings. The van der Waals surface area contributed by atoms with Crippen molar-refractivity contribution in [1.29, 1.82) is 0 Å². The maximum Gasteiger partial charge on any atom is 0.237 e. The highest BCUT2D eigenvalue weighted by atomic mass is 35.5. The molecule has 2 saturated carbocycles. The number of halogens is 1. The summed E-state index contributed by atoms with van der Waals surface area (Å²) >= 11 is 7.84. The van der Waals surface area contributed by atoms with Gasteiger partial charge in [-0.1, -0.05) is 23.8 Å². The molecule has 1 aromatic heterocycles. The Morgan fingerprint density at radius 2 is 1.80 bits per heavy atom. The molecule has 1 aromatic rings. The second-order valence-corrected chi connectivity index (χ2v) is 11.0. The van der Waals surface area contributed by atoms with E-state index >= 15 is 0 Å². The Kier molecular flexibility index (Phi) is 4.96. The van der Waals surface area contributed by atoms with Crippen molar-refractivity contribution in [3.63, 3.8) is 0 Å². The number of carbonyl (C=O) groups excluding carboxylic acids is 1. The van der Waals surface area contributed by atoms with Crippen LogP contribution in [-0.4, -0.2) is 69.6 Å². The van der Waals surface area contributed by atoms with Gasteiger partial charge in [0.05, 0.1) is 18.3 Å². The monoisotopic (exact) mass is 445 g/mol. The van der Waals surface area contributed by atoms with Gasteiger partial charge in [-0.2, -0.15) is 0 Å². The zero-order valence-electron chi connectivity index (χ0n) is 17.1. The third kappa shape index (κ3) is 3.33. The van der Waals surface area contributed by atoms with Crippen molar-refractivity contribution < 1.29 is 4.79 Å². The van der Waals surface area contributed by atoms with Crippen molar-refractivity contribution in [2.45, 2.75) is 24.5 Å². The molecule has 6 aliphatic rings. The molecule has 2 saturated heterocycles. The van der Waals surface area contributed by atoms with Gasteiger partial charge in [0.15, 0.2) is 0 Å². The summed E-state index contributed by atoms with van der Waals surface area (Å²) in [5.41, 5.74) is 0. The number of unbranched alkanes of at least 4 members (excludes halogenated alkanes) is 1. The van der Waals surface area contributed by atoms with Crippen LogP contribution in [0.15, 0.2) is 24.5 Å². The largest absolute Gasteiger partial charge is 0.353 e. The lowest BCUT2D eigenvalue weighted by Gasteiger charge is -2.38.